The average molecular weight is 509 g/mol. The Morgan fingerprint density at radius 2 is 1.41 bits per heavy atom. The quantitative estimate of drug-likeness (QED) is 0.438. The molecule has 10 nitrogen and oxygen atoms in total. The molecule has 1 fully saturated rings. The molecule has 2 N–H and O–H groups in total. The summed E-state index contributed by atoms with van der Waals surface area (Å²) in [5.41, 5.74) is 7.56. The maximum atomic E-state index is 13.2. The summed E-state index contributed by atoms with van der Waals surface area (Å²) in [6, 6.07) is 19.7. The van der Waals surface area contributed by atoms with Gasteiger partial charge in [-0.2, -0.15) is 0 Å². The third-order valence-electron chi connectivity index (χ3n) is 6.04. The molecule has 0 aromatic heterocycles. The SMILES string of the molecule is CCCN(CC(=O)N(CCC(c1ccccc1)c1ccccc1)CC(N)=O)C(=O)ON1C(=O)CCC1=O. The van der Waals surface area contributed by atoms with Crippen LogP contribution in [0.15, 0.2) is 60.7 Å². The molecule has 2 aromatic rings. The number of benzene rings is 2. The number of nitrogens with zero attached hydrogens (tertiary/aromatic N) is 3. The van der Waals surface area contributed by atoms with Crippen LogP contribution in [0.3, 0.4) is 0 Å². The van der Waals surface area contributed by atoms with Gasteiger partial charge in [-0.3, -0.25) is 24.1 Å². The molecule has 1 heterocycles. The van der Waals surface area contributed by atoms with Crippen LogP contribution in [-0.2, 0) is 24.0 Å². The Kier molecular flexibility index (Phi) is 9.76. The van der Waals surface area contributed by atoms with Gasteiger partial charge in [0.2, 0.25) is 11.8 Å². The third kappa shape index (κ3) is 7.63. The van der Waals surface area contributed by atoms with E-state index in [0.29, 0.717) is 17.9 Å². The van der Waals surface area contributed by atoms with Crippen LogP contribution in [0, 0.1) is 0 Å². The highest BCUT2D eigenvalue weighted by atomic mass is 16.7. The lowest BCUT2D eigenvalue weighted by Gasteiger charge is -2.28. The van der Waals surface area contributed by atoms with E-state index in [2.05, 4.69) is 0 Å². The van der Waals surface area contributed by atoms with Crippen LogP contribution in [0.1, 0.15) is 49.7 Å². The Bertz CT molecular complexity index is 1050. The topological polar surface area (TPSA) is 130 Å². The van der Waals surface area contributed by atoms with Gasteiger partial charge in [-0.05, 0) is 24.0 Å². The van der Waals surface area contributed by atoms with Crippen molar-refractivity contribution in [1.29, 1.82) is 0 Å². The van der Waals surface area contributed by atoms with Gasteiger partial charge in [0.15, 0.2) is 0 Å². The second-order valence-electron chi connectivity index (χ2n) is 8.80. The molecule has 2 aromatic carbocycles. The minimum Gasteiger partial charge on any atom is -0.368 e. The van der Waals surface area contributed by atoms with E-state index in [4.69, 9.17) is 10.6 Å². The van der Waals surface area contributed by atoms with Crippen molar-refractivity contribution in [3.8, 4) is 0 Å². The Labute approximate surface area is 215 Å². The van der Waals surface area contributed by atoms with Gasteiger partial charge < -0.3 is 15.5 Å². The van der Waals surface area contributed by atoms with Crippen molar-refractivity contribution in [3.63, 3.8) is 0 Å². The predicted molar refractivity (Wildman–Crippen MR) is 135 cm³/mol. The van der Waals surface area contributed by atoms with Crippen LogP contribution in [-0.4, -0.2) is 70.8 Å². The number of rotatable bonds is 12. The maximum absolute atomic E-state index is 13.2. The molecule has 0 aliphatic carbocycles. The van der Waals surface area contributed by atoms with Crippen molar-refractivity contribution in [2.24, 2.45) is 5.73 Å². The Balaban J connectivity index is 1.73. The summed E-state index contributed by atoms with van der Waals surface area (Å²) in [5, 5.41) is 0.445. The molecule has 5 amide bonds. The van der Waals surface area contributed by atoms with E-state index in [1.165, 1.54) is 4.90 Å². The number of nitrogens with two attached hydrogens (primary N) is 1. The van der Waals surface area contributed by atoms with Gasteiger partial charge in [-0.1, -0.05) is 67.6 Å². The molecule has 0 saturated carbocycles. The summed E-state index contributed by atoms with van der Waals surface area (Å²) in [6.45, 7) is 1.48. The molecule has 0 atom stereocenters. The Hall–Kier alpha value is -4.21. The summed E-state index contributed by atoms with van der Waals surface area (Å²) < 4.78 is 0. The first-order valence-electron chi connectivity index (χ1n) is 12.3. The van der Waals surface area contributed by atoms with Crippen LogP contribution < -0.4 is 5.73 Å². The first kappa shape index (κ1) is 27.4. The molecule has 0 spiro atoms. The number of amides is 5. The molecule has 0 radical (unpaired) electrons. The molecule has 3 rings (SSSR count). The Morgan fingerprint density at radius 3 is 1.89 bits per heavy atom. The van der Waals surface area contributed by atoms with Gasteiger partial charge in [0.05, 0.1) is 6.54 Å². The zero-order valence-electron chi connectivity index (χ0n) is 20.9. The smallest absolute Gasteiger partial charge is 0.368 e. The van der Waals surface area contributed by atoms with E-state index in [9.17, 15) is 24.0 Å². The van der Waals surface area contributed by atoms with Crippen molar-refractivity contribution in [2.75, 3.05) is 26.2 Å². The molecule has 0 bridgehead atoms. The molecule has 1 aliphatic heterocycles. The maximum Gasteiger partial charge on any atom is 0.435 e. The fraction of sp³-hybridized carbons (Fsp3) is 0.370. The van der Waals surface area contributed by atoms with Gasteiger partial charge in [-0.25, -0.2) is 4.79 Å². The van der Waals surface area contributed by atoms with Crippen LogP contribution >= 0.6 is 0 Å². The van der Waals surface area contributed by atoms with Crippen LogP contribution in [0.5, 0.6) is 0 Å². The van der Waals surface area contributed by atoms with Gasteiger partial charge in [0.25, 0.3) is 11.8 Å². The van der Waals surface area contributed by atoms with Crippen LogP contribution in [0.4, 0.5) is 4.79 Å². The zero-order valence-corrected chi connectivity index (χ0v) is 20.9. The molecule has 196 valence electrons. The number of carbonyl (C=O) groups excluding carboxylic acids is 5. The van der Waals surface area contributed by atoms with Crippen molar-refractivity contribution in [3.05, 3.63) is 71.8 Å². The van der Waals surface area contributed by atoms with E-state index < -0.39 is 36.3 Å². The molecular weight excluding hydrogens is 476 g/mol. The molecular formula is C27H32N4O6. The number of hydrogen-bond acceptors (Lipinski definition) is 6. The first-order chi connectivity index (χ1) is 17.8. The van der Waals surface area contributed by atoms with Gasteiger partial charge >= 0.3 is 6.09 Å². The zero-order chi connectivity index (χ0) is 26.8. The lowest BCUT2D eigenvalue weighted by molar-refractivity contribution is -0.173. The Morgan fingerprint density at radius 1 is 0.865 bits per heavy atom. The number of imide groups is 1. The minimum atomic E-state index is -0.982. The van der Waals surface area contributed by atoms with Crippen LogP contribution in [0.25, 0.3) is 0 Å². The van der Waals surface area contributed by atoms with Gasteiger partial charge in [0, 0.05) is 31.8 Å². The highest BCUT2D eigenvalue weighted by Crippen LogP contribution is 2.28. The summed E-state index contributed by atoms with van der Waals surface area (Å²) in [7, 11) is 0. The highest BCUT2D eigenvalue weighted by molar-refractivity contribution is 6.01. The second kappa shape index (κ2) is 13.2. The molecule has 10 heteroatoms. The number of primary amides is 1. The lowest BCUT2D eigenvalue weighted by atomic mass is 9.88. The van der Waals surface area contributed by atoms with E-state index in [-0.39, 0.29) is 38.4 Å². The molecule has 1 aliphatic rings. The van der Waals surface area contributed by atoms with Crippen LogP contribution in [0.2, 0.25) is 0 Å². The summed E-state index contributed by atoms with van der Waals surface area (Å²) >= 11 is 0. The van der Waals surface area contributed by atoms with Crippen molar-refractivity contribution in [2.45, 2.75) is 38.5 Å². The molecule has 0 unspecified atom stereocenters. The first-order valence-corrected chi connectivity index (χ1v) is 12.3. The van der Waals surface area contributed by atoms with Gasteiger partial charge in [0.1, 0.15) is 6.54 Å². The fourth-order valence-corrected chi connectivity index (χ4v) is 4.22. The number of hydroxylamine groups is 2. The molecule has 37 heavy (non-hydrogen) atoms. The standard InChI is InChI=1S/C27H32N4O6/c1-2-16-30(27(36)37-31-24(33)13-14-25(31)34)19-26(35)29(18-23(28)32)17-15-22(20-9-5-3-6-10-20)21-11-7-4-8-12-21/h3-12,22H,2,13-19H2,1H3,(H2,28,32). The minimum absolute atomic E-state index is 0.0325. The average Bonchev–Trinajstić information content (AvgIpc) is 3.21. The highest BCUT2D eigenvalue weighted by Gasteiger charge is 2.35. The number of carbonyl (C=O) groups is 5. The van der Waals surface area contributed by atoms with Gasteiger partial charge in [-0.15, -0.1) is 5.06 Å². The van der Waals surface area contributed by atoms with Crippen molar-refractivity contribution >= 4 is 29.7 Å². The fourth-order valence-electron chi connectivity index (χ4n) is 4.22. The van der Waals surface area contributed by atoms with E-state index in [1.807, 2.05) is 67.6 Å². The van der Waals surface area contributed by atoms with E-state index in [1.54, 1.807) is 0 Å². The normalized spacial score (nSPS) is 13.1. The molecule has 1 saturated heterocycles. The summed E-state index contributed by atoms with van der Waals surface area (Å²) in [6.07, 6.45) is -0.0271. The largest absolute Gasteiger partial charge is 0.435 e. The lowest BCUT2D eigenvalue weighted by Crippen LogP contribution is -2.48. The second-order valence-corrected chi connectivity index (χ2v) is 8.80. The van der Waals surface area contributed by atoms with E-state index >= 15 is 0 Å². The summed E-state index contributed by atoms with van der Waals surface area (Å²) in [4.78, 5) is 68.8. The predicted octanol–water partition coefficient (Wildman–Crippen LogP) is 2.44. The van der Waals surface area contributed by atoms with Crippen molar-refractivity contribution in [1.82, 2.24) is 14.9 Å². The third-order valence-corrected chi connectivity index (χ3v) is 6.04. The van der Waals surface area contributed by atoms with Crippen molar-refractivity contribution < 1.29 is 28.8 Å². The summed E-state index contributed by atoms with van der Waals surface area (Å²) in [5.74, 6) is -2.42. The monoisotopic (exact) mass is 508 g/mol. The van der Waals surface area contributed by atoms with E-state index in [0.717, 1.165) is 16.0 Å². The number of hydrogen-bond donors (Lipinski definition) is 1.